The molecule has 0 N–H and O–H groups in total. The molecule has 4 heteroatoms. The van der Waals surface area contributed by atoms with Crippen LogP contribution in [0.15, 0.2) is 18.2 Å². The molecule has 1 aromatic rings. The second kappa shape index (κ2) is 7.67. The predicted octanol–water partition coefficient (Wildman–Crippen LogP) is 2.59. The Kier molecular flexibility index (Phi) is 6.16. The Morgan fingerprint density at radius 2 is 2.11 bits per heavy atom. The third-order valence-corrected chi connectivity index (χ3v) is 3.06. The monoisotopic (exact) mass is 247 g/mol. The van der Waals surface area contributed by atoms with Crippen molar-refractivity contribution in [3.8, 4) is 6.07 Å². The third kappa shape index (κ3) is 3.71. The third-order valence-electron chi connectivity index (χ3n) is 3.06. The number of nitriles is 1. The lowest BCUT2D eigenvalue weighted by Gasteiger charge is -2.31. The van der Waals surface area contributed by atoms with E-state index < -0.39 is 0 Å². The largest absolute Gasteiger partial charge is 0.383 e. The number of pyridine rings is 1. The van der Waals surface area contributed by atoms with Crippen LogP contribution in [0.3, 0.4) is 0 Å². The molecule has 0 fully saturated rings. The van der Waals surface area contributed by atoms with Crippen molar-refractivity contribution in [3.63, 3.8) is 0 Å². The second-order valence-electron chi connectivity index (χ2n) is 4.15. The molecule has 0 amide bonds. The van der Waals surface area contributed by atoms with Gasteiger partial charge in [0.05, 0.1) is 6.61 Å². The van der Waals surface area contributed by atoms with Gasteiger partial charge in [-0.1, -0.05) is 19.9 Å². The molecule has 0 radical (unpaired) electrons. The quantitative estimate of drug-likeness (QED) is 0.743. The van der Waals surface area contributed by atoms with E-state index in [4.69, 9.17) is 10.00 Å². The zero-order valence-electron chi connectivity index (χ0n) is 11.4. The summed E-state index contributed by atoms with van der Waals surface area (Å²) < 4.78 is 5.16. The first-order valence-electron chi connectivity index (χ1n) is 6.39. The zero-order valence-corrected chi connectivity index (χ0v) is 11.4. The van der Waals surface area contributed by atoms with Gasteiger partial charge in [-0.2, -0.15) is 5.26 Å². The van der Waals surface area contributed by atoms with Crippen LogP contribution in [-0.2, 0) is 4.74 Å². The Bertz CT molecular complexity index is 396. The van der Waals surface area contributed by atoms with Gasteiger partial charge in [0.25, 0.3) is 0 Å². The van der Waals surface area contributed by atoms with Crippen molar-refractivity contribution in [1.82, 2.24) is 4.98 Å². The van der Waals surface area contributed by atoms with E-state index in [1.165, 1.54) is 0 Å². The van der Waals surface area contributed by atoms with Gasteiger partial charge in [-0.15, -0.1) is 0 Å². The average molecular weight is 247 g/mol. The van der Waals surface area contributed by atoms with E-state index in [1.54, 1.807) is 13.2 Å². The van der Waals surface area contributed by atoms with Gasteiger partial charge in [0, 0.05) is 19.7 Å². The SMILES string of the molecule is CCC(CC)N(CCOC)c1cccc(C#N)n1. The molecule has 0 saturated heterocycles. The summed E-state index contributed by atoms with van der Waals surface area (Å²) in [5.41, 5.74) is 0.459. The molecule has 1 aromatic heterocycles. The number of anilines is 1. The van der Waals surface area contributed by atoms with E-state index in [2.05, 4.69) is 29.8 Å². The molecular formula is C14H21N3O. The van der Waals surface area contributed by atoms with E-state index in [-0.39, 0.29) is 0 Å². The predicted molar refractivity (Wildman–Crippen MR) is 72.5 cm³/mol. The van der Waals surface area contributed by atoms with Gasteiger partial charge in [0.1, 0.15) is 17.6 Å². The highest BCUT2D eigenvalue weighted by Crippen LogP contribution is 2.18. The minimum Gasteiger partial charge on any atom is -0.383 e. The van der Waals surface area contributed by atoms with Crippen LogP contribution in [0.5, 0.6) is 0 Å². The highest BCUT2D eigenvalue weighted by Gasteiger charge is 2.16. The van der Waals surface area contributed by atoms with Gasteiger partial charge in [0.2, 0.25) is 0 Å². The first-order chi connectivity index (χ1) is 8.76. The smallest absolute Gasteiger partial charge is 0.142 e. The molecule has 0 unspecified atom stereocenters. The van der Waals surface area contributed by atoms with Gasteiger partial charge >= 0.3 is 0 Å². The Morgan fingerprint density at radius 1 is 1.39 bits per heavy atom. The molecule has 0 aliphatic heterocycles. The van der Waals surface area contributed by atoms with Crippen LogP contribution >= 0.6 is 0 Å². The van der Waals surface area contributed by atoms with Crippen molar-refractivity contribution in [2.75, 3.05) is 25.2 Å². The summed E-state index contributed by atoms with van der Waals surface area (Å²) in [4.78, 5) is 6.60. The number of hydrogen-bond donors (Lipinski definition) is 0. The number of methoxy groups -OCH3 is 1. The molecule has 0 aliphatic carbocycles. The Labute approximate surface area is 109 Å². The Morgan fingerprint density at radius 3 is 2.67 bits per heavy atom. The molecule has 0 saturated carbocycles. The van der Waals surface area contributed by atoms with Crippen LogP contribution in [0.4, 0.5) is 5.82 Å². The molecule has 0 aromatic carbocycles. The van der Waals surface area contributed by atoms with Crippen molar-refractivity contribution >= 4 is 5.82 Å². The maximum Gasteiger partial charge on any atom is 0.142 e. The number of nitrogens with zero attached hydrogens (tertiary/aromatic N) is 3. The number of rotatable bonds is 7. The maximum atomic E-state index is 8.92. The molecular weight excluding hydrogens is 226 g/mol. The summed E-state index contributed by atoms with van der Waals surface area (Å²) in [6, 6.07) is 8.07. The number of ether oxygens (including phenoxy) is 1. The lowest BCUT2D eigenvalue weighted by molar-refractivity contribution is 0.202. The summed E-state index contributed by atoms with van der Waals surface area (Å²) in [7, 11) is 1.70. The minimum absolute atomic E-state index is 0.432. The molecule has 1 heterocycles. The van der Waals surface area contributed by atoms with Crippen molar-refractivity contribution < 1.29 is 4.74 Å². The van der Waals surface area contributed by atoms with E-state index in [9.17, 15) is 0 Å². The molecule has 0 spiro atoms. The zero-order chi connectivity index (χ0) is 13.4. The van der Waals surface area contributed by atoms with Crippen LogP contribution in [0, 0.1) is 11.3 Å². The van der Waals surface area contributed by atoms with Gasteiger partial charge in [-0.3, -0.25) is 0 Å². The van der Waals surface area contributed by atoms with Crippen LogP contribution in [0.1, 0.15) is 32.4 Å². The van der Waals surface area contributed by atoms with Crippen LogP contribution in [0.2, 0.25) is 0 Å². The standard InChI is InChI=1S/C14H21N3O/c1-4-13(5-2)17(9-10-18-3)14-8-6-7-12(11-15)16-14/h6-8,13H,4-5,9-10H2,1-3H3. The van der Waals surface area contributed by atoms with Gasteiger partial charge in [-0.25, -0.2) is 4.98 Å². The molecule has 4 nitrogen and oxygen atoms in total. The summed E-state index contributed by atoms with van der Waals surface area (Å²) >= 11 is 0. The summed E-state index contributed by atoms with van der Waals surface area (Å²) in [5.74, 6) is 0.861. The molecule has 18 heavy (non-hydrogen) atoms. The van der Waals surface area contributed by atoms with Crippen LogP contribution in [0.25, 0.3) is 0 Å². The number of aromatic nitrogens is 1. The summed E-state index contributed by atoms with van der Waals surface area (Å²) in [6.07, 6.45) is 2.11. The van der Waals surface area contributed by atoms with Crippen molar-refractivity contribution in [3.05, 3.63) is 23.9 Å². The van der Waals surface area contributed by atoms with E-state index in [0.29, 0.717) is 18.3 Å². The van der Waals surface area contributed by atoms with Gasteiger partial charge in [-0.05, 0) is 25.0 Å². The van der Waals surface area contributed by atoms with Crippen LogP contribution < -0.4 is 4.90 Å². The topological polar surface area (TPSA) is 49.1 Å². The lowest BCUT2D eigenvalue weighted by Crippen LogP contribution is -2.37. The first kappa shape index (κ1) is 14.5. The fourth-order valence-corrected chi connectivity index (χ4v) is 2.05. The fourth-order valence-electron chi connectivity index (χ4n) is 2.05. The second-order valence-corrected chi connectivity index (χ2v) is 4.15. The highest BCUT2D eigenvalue weighted by molar-refractivity contribution is 5.42. The van der Waals surface area contributed by atoms with Crippen molar-refractivity contribution in [1.29, 1.82) is 5.26 Å². The first-order valence-corrected chi connectivity index (χ1v) is 6.39. The van der Waals surface area contributed by atoms with Crippen molar-refractivity contribution in [2.24, 2.45) is 0 Å². The number of hydrogen-bond acceptors (Lipinski definition) is 4. The minimum atomic E-state index is 0.432. The molecule has 0 bridgehead atoms. The van der Waals surface area contributed by atoms with Gasteiger partial charge in [0.15, 0.2) is 0 Å². The van der Waals surface area contributed by atoms with Crippen molar-refractivity contribution in [2.45, 2.75) is 32.7 Å². The fraction of sp³-hybridized carbons (Fsp3) is 0.571. The Hall–Kier alpha value is -1.60. The molecule has 0 atom stereocenters. The van der Waals surface area contributed by atoms with E-state index >= 15 is 0 Å². The molecule has 1 rings (SSSR count). The van der Waals surface area contributed by atoms with Crippen LogP contribution in [-0.4, -0.2) is 31.3 Å². The average Bonchev–Trinajstić information content (AvgIpc) is 2.43. The van der Waals surface area contributed by atoms with Gasteiger partial charge < -0.3 is 9.64 Å². The summed E-state index contributed by atoms with van der Waals surface area (Å²) in [6.45, 7) is 5.80. The molecule has 0 aliphatic rings. The maximum absolute atomic E-state index is 8.92. The highest BCUT2D eigenvalue weighted by atomic mass is 16.5. The van der Waals surface area contributed by atoms with E-state index in [1.807, 2.05) is 12.1 Å². The Balaban J connectivity index is 2.96. The lowest BCUT2D eigenvalue weighted by atomic mass is 10.1. The molecule has 98 valence electrons. The normalized spacial score (nSPS) is 10.4. The summed E-state index contributed by atoms with van der Waals surface area (Å²) in [5, 5.41) is 8.92. The van der Waals surface area contributed by atoms with E-state index in [0.717, 1.165) is 25.2 Å².